The van der Waals surface area contributed by atoms with Gasteiger partial charge in [-0.25, -0.2) is 0 Å². The van der Waals surface area contributed by atoms with Gasteiger partial charge in [-0.15, -0.1) is 10.2 Å². The lowest BCUT2D eigenvalue weighted by Gasteiger charge is -1.95. The van der Waals surface area contributed by atoms with Crippen LogP contribution in [0.3, 0.4) is 0 Å². The minimum Gasteiger partial charge on any atom is -0.360 e. The van der Waals surface area contributed by atoms with Crippen molar-refractivity contribution in [1.82, 2.24) is 20.3 Å². The molecule has 3 rings (SSSR count). The SMILES string of the molecule is CCNc1nnc(SCc2nc(-c3ccccc3Cl)no2)s1. The molecule has 0 saturated heterocycles. The van der Waals surface area contributed by atoms with Gasteiger partial charge in [0, 0.05) is 12.1 Å². The third kappa shape index (κ3) is 3.57. The molecule has 114 valence electrons. The van der Waals surface area contributed by atoms with Crippen molar-refractivity contribution in [2.24, 2.45) is 0 Å². The van der Waals surface area contributed by atoms with Gasteiger partial charge in [0.2, 0.25) is 16.8 Å². The monoisotopic (exact) mass is 353 g/mol. The Morgan fingerprint density at radius 3 is 3.00 bits per heavy atom. The van der Waals surface area contributed by atoms with Crippen LogP contribution in [0.5, 0.6) is 0 Å². The fourth-order valence-electron chi connectivity index (χ4n) is 1.68. The van der Waals surface area contributed by atoms with Crippen molar-refractivity contribution in [3.63, 3.8) is 0 Å². The van der Waals surface area contributed by atoms with Gasteiger partial charge in [0.1, 0.15) is 0 Å². The molecular formula is C13H12ClN5OS2. The Morgan fingerprint density at radius 2 is 2.18 bits per heavy atom. The summed E-state index contributed by atoms with van der Waals surface area (Å²) in [4.78, 5) is 4.36. The first kappa shape index (κ1) is 15.3. The first-order valence-corrected chi connectivity index (χ1v) is 8.72. The molecule has 0 aliphatic rings. The number of hydrogen-bond acceptors (Lipinski definition) is 8. The van der Waals surface area contributed by atoms with Crippen molar-refractivity contribution in [3.8, 4) is 11.4 Å². The Kier molecular flexibility index (Phi) is 4.91. The van der Waals surface area contributed by atoms with Crippen LogP contribution in [0.4, 0.5) is 5.13 Å². The summed E-state index contributed by atoms with van der Waals surface area (Å²) in [6.07, 6.45) is 0. The van der Waals surface area contributed by atoms with E-state index in [1.807, 2.05) is 25.1 Å². The Hall–Kier alpha value is -1.64. The summed E-state index contributed by atoms with van der Waals surface area (Å²) in [5.41, 5.74) is 0.759. The van der Waals surface area contributed by atoms with Crippen LogP contribution in [0.1, 0.15) is 12.8 Å². The number of halogens is 1. The summed E-state index contributed by atoms with van der Waals surface area (Å²) in [6, 6.07) is 7.40. The van der Waals surface area contributed by atoms with E-state index in [0.29, 0.717) is 22.5 Å². The van der Waals surface area contributed by atoms with E-state index in [0.717, 1.165) is 21.6 Å². The first-order valence-electron chi connectivity index (χ1n) is 6.54. The van der Waals surface area contributed by atoms with Gasteiger partial charge in [-0.1, -0.05) is 52.0 Å². The van der Waals surface area contributed by atoms with Crippen LogP contribution in [-0.2, 0) is 5.75 Å². The molecule has 0 aliphatic heterocycles. The van der Waals surface area contributed by atoms with E-state index in [1.165, 1.54) is 23.1 Å². The van der Waals surface area contributed by atoms with Crippen LogP contribution in [-0.4, -0.2) is 26.9 Å². The van der Waals surface area contributed by atoms with Gasteiger partial charge < -0.3 is 9.84 Å². The van der Waals surface area contributed by atoms with Crippen molar-refractivity contribution in [2.45, 2.75) is 17.0 Å². The molecule has 0 saturated carbocycles. The average molecular weight is 354 g/mol. The number of hydrogen-bond donors (Lipinski definition) is 1. The Bertz CT molecular complexity index is 760. The van der Waals surface area contributed by atoms with Crippen LogP contribution in [0.2, 0.25) is 5.02 Å². The molecule has 9 heteroatoms. The van der Waals surface area contributed by atoms with E-state index in [-0.39, 0.29) is 0 Å². The number of aromatic nitrogens is 4. The highest BCUT2D eigenvalue weighted by Crippen LogP contribution is 2.29. The van der Waals surface area contributed by atoms with Crippen molar-refractivity contribution < 1.29 is 4.52 Å². The topological polar surface area (TPSA) is 76.7 Å². The van der Waals surface area contributed by atoms with Gasteiger partial charge >= 0.3 is 0 Å². The largest absolute Gasteiger partial charge is 0.360 e. The molecular weight excluding hydrogens is 342 g/mol. The number of benzene rings is 1. The van der Waals surface area contributed by atoms with Gasteiger partial charge in [0.05, 0.1) is 10.8 Å². The molecule has 22 heavy (non-hydrogen) atoms. The molecule has 2 aromatic heterocycles. The molecule has 1 N–H and O–H groups in total. The predicted octanol–water partition coefficient (Wildman–Crippen LogP) is 3.97. The lowest BCUT2D eigenvalue weighted by atomic mass is 10.2. The molecule has 0 atom stereocenters. The highest BCUT2D eigenvalue weighted by molar-refractivity contribution is 8.00. The van der Waals surface area contributed by atoms with Gasteiger partial charge in [-0.3, -0.25) is 0 Å². The molecule has 0 amide bonds. The molecule has 0 unspecified atom stereocenters. The number of nitrogens with one attached hydrogen (secondary N) is 1. The zero-order valence-corrected chi connectivity index (χ0v) is 14.0. The quantitative estimate of drug-likeness (QED) is 0.672. The standard InChI is InChI=1S/C13H12ClN5OS2/c1-2-15-12-17-18-13(22-12)21-7-10-16-11(19-20-10)8-5-3-4-6-9(8)14/h3-6H,2,7H2,1H3,(H,15,17). The normalized spacial score (nSPS) is 10.8. The predicted molar refractivity (Wildman–Crippen MR) is 88.4 cm³/mol. The summed E-state index contributed by atoms with van der Waals surface area (Å²) >= 11 is 9.13. The van der Waals surface area contributed by atoms with E-state index >= 15 is 0 Å². The lowest BCUT2D eigenvalue weighted by Crippen LogP contribution is -1.94. The lowest BCUT2D eigenvalue weighted by molar-refractivity contribution is 0.391. The molecule has 0 radical (unpaired) electrons. The molecule has 0 fully saturated rings. The van der Waals surface area contributed by atoms with Crippen molar-refractivity contribution in [2.75, 3.05) is 11.9 Å². The maximum Gasteiger partial charge on any atom is 0.237 e. The smallest absolute Gasteiger partial charge is 0.237 e. The highest BCUT2D eigenvalue weighted by Gasteiger charge is 2.12. The number of anilines is 1. The second kappa shape index (κ2) is 7.08. The second-order valence-corrected chi connectivity index (χ2v) is 6.79. The zero-order valence-electron chi connectivity index (χ0n) is 11.6. The maximum absolute atomic E-state index is 6.12. The van der Waals surface area contributed by atoms with Crippen LogP contribution in [0, 0.1) is 0 Å². The summed E-state index contributed by atoms with van der Waals surface area (Å²) < 4.78 is 6.11. The molecule has 3 aromatic rings. The van der Waals surface area contributed by atoms with Crippen molar-refractivity contribution in [1.29, 1.82) is 0 Å². The van der Waals surface area contributed by atoms with E-state index in [2.05, 4.69) is 25.7 Å². The first-order chi connectivity index (χ1) is 10.8. The fourth-order valence-corrected chi connectivity index (χ4v) is 3.56. The van der Waals surface area contributed by atoms with Crippen LogP contribution >= 0.6 is 34.7 Å². The molecule has 0 bridgehead atoms. The number of thioether (sulfide) groups is 1. The van der Waals surface area contributed by atoms with Crippen LogP contribution in [0.15, 0.2) is 33.1 Å². The van der Waals surface area contributed by atoms with Crippen LogP contribution in [0.25, 0.3) is 11.4 Å². The molecule has 6 nitrogen and oxygen atoms in total. The minimum absolute atomic E-state index is 0.492. The van der Waals surface area contributed by atoms with Crippen molar-refractivity contribution >= 4 is 39.8 Å². The summed E-state index contributed by atoms with van der Waals surface area (Å²) in [5, 5.41) is 16.6. The van der Waals surface area contributed by atoms with E-state index in [1.54, 1.807) is 6.07 Å². The minimum atomic E-state index is 0.492. The van der Waals surface area contributed by atoms with Gasteiger partial charge in [-0.2, -0.15) is 4.98 Å². The zero-order chi connectivity index (χ0) is 15.4. The fraction of sp³-hybridized carbons (Fsp3) is 0.231. The summed E-state index contributed by atoms with van der Waals surface area (Å²) in [7, 11) is 0. The molecule has 0 spiro atoms. The molecule has 0 aliphatic carbocycles. The third-order valence-corrected chi connectivity index (χ3v) is 4.97. The average Bonchev–Trinajstić information content (AvgIpc) is 3.15. The van der Waals surface area contributed by atoms with Gasteiger partial charge in [0.25, 0.3) is 0 Å². The highest BCUT2D eigenvalue weighted by atomic mass is 35.5. The maximum atomic E-state index is 6.12. The van der Waals surface area contributed by atoms with E-state index < -0.39 is 0 Å². The second-order valence-electron chi connectivity index (χ2n) is 4.18. The molecule has 2 heterocycles. The van der Waals surface area contributed by atoms with Gasteiger partial charge in [0.15, 0.2) is 4.34 Å². The third-order valence-electron chi connectivity index (χ3n) is 2.64. The Balaban J connectivity index is 1.65. The Labute approximate surface area is 140 Å². The molecule has 1 aromatic carbocycles. The van der Waals surface area contributed by atoms with E-state index in [4.69, 9.17) is 16.1 Å². The van der Waals surface area contributed by atoms with E-state index in [9.17, 15) is 0 Å². The van der Waals surface area contributed by atoms with Crippen molar-refractivity contribution in [3.05, 3.63) is 35.2 Å². The number of nitrogens with zero attached hydrogens (tertiary/aromatic N) is 4. The van der Waals surface area contributed by atoms with Gasteiger partial charge in [-0.05, 0) is 19.1 Å². The van der Waals surface area contributed by atoms with Crippen LogP contribution < -0.4 is 5.32 Å². The number of rotatable bonds is 6. The summed E-state index contributed by atoms with van der Waals surface area (Å²) in [5.74, 6) is 1.56. The Morgan fingerprint density at radius 1 is 1.32 bits per heavy atom. The summed E-state index contributed by atoms with van der Waals surface area (Å²) in [6.45, 7) is 2.84.